The highest BCUT2D eigenvalue weighted by atomic mass is 35.5. The summed E-state index contributed by atoms with van der Waals surface area (Å²) in [6.45, 7) is 4.72. The summed E-state index contributed by atoms with van der Waals surface area (Å²) in [6, 6.07) is 2.98. The number of halogens is 1. The second kappa shape index (κ2) is 9.96. The summed E-state index contributed by atoms with van der Waals surface area (Å²) in [6.07, 6.45) is 2.39. The molecule has 0 saturated heterocycles. The van der Waals surface area contributed by atoms with Crippen molar-refractivity contribution in [2.75, 3.05) is 13.1 Å². The van der Waals surface area contributed by atoms with Crippen LogP contribution in [-0.2, 0) is 4.79 Å². The molecule has 0 radical (unpaired) electrons. The Morgan fingerprint density at radius 1 is 1.30 bits per heavy atom. The molecule has 4 N–H and O–H groups in total. The van der Waals surface area contributed by atoms with E-state index in [4.69, 9.17) is 23.8 Å². The third-order valence-corrected chi connectivity index (χ3v) is 3.17. The van der Waals surface area contributed by atoms with Crippen LogP contribution in [0.25, 0.3) is 0 Å². The van der Waals surface area contributed by atoms with Crippen LogP contribution < -0.4 is 21.5 Å². The predicted octanol–water partition coefficient (Wildman–Crippen LogP) is 1.01. The number of hydrogen-bond donors (Lipinski definition) is 4. The molecule has 0 bridgehead atoms. The number of rotatable bonds is 6. The lowest BCUT2D eigenvalue weighted by atomic mass is 10.1. The standard InChI is InChI=1S/C14H20ClN5O2S/c1-9(2)3-5-17-14(23)20-19-12(21)8-18-13(22)11-7-10(15)4-6-16-11/h4,6-7,9H,3,5,8H2,1-2H3,(H,18,22)(H,19,21)(H2,17,20,23). The zero-order chi connectivity index (χ0) is 17.2. The Bertz CT molecular complexity index is 568. The maximum Gasteiger partial charge on any atom is 0.270 e. The molecule has 0 aromatic carbocycles. The van der Waals surface area contributed by atoms with Gasteiger partial charge in [-0.25, -0.2) is 0 Å². The van der Waals surface area contributed by atoms with Gasteiger partial charge in [-0.1, -0.05) is 25.4 Å². The maximum absolute atomic E-state index is 11.8. The highest BCUT2D eigenvalue weighted by molar-refractivity contribution is 7.80. The van der Waals surface area contributed by atoms with Crippen molar-refractivity contribution in [1.82, 2.24) is 26.5 Å². The summed E-state index contributed by atoms with van der Waals surface area (Å²) in [5.41, 5.74) is 5.09. The van der Waals surface area contributed by atoms with Crippen LogP contribution in [0.5, 0.6) is 0 Å². The van der Waals surface area contributed by atoms with Crippen molar-refractivity contribution >= 4 is 40.7 Å². The van der Waals surface area contributed by atoms with E-state index in [9.17, 15) is 9.59 Å². The van der Waals surface area contributed by atoms with E-state index >= 15 is 0 Å². The minimum Gasteiger partial charge on any atom is -0.361 e. The first kappa shape index (κ1) is 19.1. The Morgan fingerprint density at radius 3 is 2.70 bits per heavy atom. The van der Waals surface area contributed by atoms with Gasteiger partial charge in [0.25, 0.3) is 11.8 Å². The van der Waals surface area contributed by atoms with Crippen molar-refractivity contribution in [2.24, 2.45) is 5.92 Å². The van der Waals surface area contributed by atoms with Crippen LogP contribution in [0.4, 0.5) is 0 Å². The van der Waals surface area contributed by atoms with Crippen molar-refractivity contribution < 1.29 is 9.59 Å². The minimum atomic E-state index is -0.486. The Kier molecular flexibility index (Phi) is 8.28. The molecular formula is C14H20ClN5O2S. The zero-order valence-electron chi connectivity index (χ0n) is 13.0. The number of hydrazine groups is 1. The van der Waals surface area contributed by atoms with Crippen LogP contribution in [0.3, 0.4) is 0 Å². The van der Waals surface area contributed by atoms with E-state index in [0.29, 0.717) is 16.1 Å². The first-order chi connectivity index (χ1) is 10.9. The topological polar surface area (TPSA) is 95.1 Å². The Hall–Kier alpha value is -1.93. The van der Waals surface area contributed by atoms with Crippen molar-refractivity contribution in [2.45, 2.75) is 20.3 Å². The second-order valence-corrected chi connectivity index (χ2v) is 6.00. The molecule has 0 aliphatic rings. The van der Waals surface area contributed by atoms with E-state index < -0.39 is 11.8 Å². The summed E-state index contributed by atoms with van der Waals surface area (Å²) in [4.78, 5) is 27.2. The lowest BCUT2D eigenvalue weighted by molar-refractivity contribution is -0.120. The minimum absolute atomic E-state index is 0.143. The van der Waals surface area contributed by atoms with Gasteiger partial charge in [0.2, 0.25) is 0 Å². The van der Waals surface area contributed by atoms with E-state index in [2.05, 4.69) is 40.3 Å². The van der Waals surface area contributed by atoms with Gasteiger partial charge in [-0.2, -0.15) is 0 Å². The number of nitrogens with one attached hydrogen (secondary N) is 4. The first-order valence-corrected chi connectivity index (χ1v) is 7.89. The van der Waals surface area contributed by atoms with Gasteiger partial charge in [-0.05, 0) is 36.7 Å². The average molecular weight is 358 g/mol. The third kappa shape index (κ3) is 8.32. The fourth-order valence-electron chi connectivity index (χ4n) is 1.47. The van der Waals surface area contributed by atoms with Crippen LogP contribution in [-0.4, -0.2) is 35.0 Å². The lowest BCUT2D eigenvalue weighted by Gasteiger charge is -2.12. The van der Waals surface area contributed by atoms with Gasteiger partial charge in [-0.3, -0.25) is 25.4 Å². The Morgan fingerprint density at radius 2 is 2.04 bits per heavy atom. The molecule has 126 valence electrons. The maximum atomic E-state index is 11.8. The van der Waals surface area contributed by atoms with Gasteiger partial charge in [0, 0.05) is 17.8 Å². The fourth-order valence-corrected chi connectivity index (χ4v) is 1.78. The normalized spacial score (nSPS) is 10.1. The Labute approximate surface area is 145 Å². The van der Waals surface area contributed by atoms with Crippen LogP contribution >= 0.6 is 23.8 Å². The first-order valence-electron chi connectivity index (χ1n) is 7.11. The molecule has 1 rings (SSSR count). The predicted molar refractivity (Wildman–Crippen MR) is 92.9 cm³/mol. The van der Waals surface area contributed by atoms with Crippen LogP contribution in [0.15, 0.2) is 18.3 Å². The second-order valence-electron chi connectivity index (χ2n) is 5.15. The Balaban J connectivity index is 2.24. The van der Waals surface area contributed by atoms with Crippen molar-refractivity contribution in [3.05, 3.63) is 29.0 Å². The highest BCUT2D eigenvalue weighted by Crippen LogP contribution is 2.07. The molecule has 2 amide bonds. The molecule has 1 aromatic heterocycles. The summed E-state index contributed by atoms with van der Waals surface area (Å²) in [5, 5.41) is 6.11. The molecule has 7 nitrogen and oxygen atoms in total. The van der Waals surface area contributed by atoms with E-state index in [1.54, 1.807) is 6.07 Å². The van der Waals surface area contributed by atoms with E-state index in [0.717, 1.165) is 13.0 Å². The largest absolute Gasteiger partial charge is 0.361 e. The number of hydrogen-bond acceptors (Lipinski definition) is 4. The quantitative estimate of drug-likeness (QED) is 0.448. The van der Waals surface area contributed by atoms with E-state index in [-0.39, 0.29) is 12.2 Å². The van der Waals surface area contributed by atoms with Gasteiger partial charge in [0.15, 0.2) is 5.11 Å². The average Bonchev–Trinajstić information content (AvgIpc) is 2.50. The molecule has 1 heterocycles. The molecule has 0 aliphatic heterocycles. The number of aromatic nitrogens is 1. The number of nitrogens with zero attached hydrogens (tertiary/aromatic N) is 1. The molecule has 0 atom stereocenters. The fraction of sp³-hybridized carbons (Fsp3) is 0.429. The van der Waals surface area contributed by atoms with E-state index in [1.165, 1.54) is 12.3 Å². The van der Waals surface area contributed by atoms with Crippen LogP contribution in [0.2, 0.25) is 5.02 Å². The molecule has 0 spiro atoms. The highest BCUT2D eigenvalue weighted by Gasteiger charge is 2.09. The molecule has 1 aromatic rings. The van der Waals surface area contributed by atoms with Crippen LogP contribution in [0, 0.1) is 5.92 Å². The van der Waals surface area contributed by atoms with Crippen LogP contribution in [0.1, 0.15) is 30.8 Å². The van der Waals surface area contributed by atoms with E-state index in [1.807, 2.05) is 0 Å². The number of pyridine rings is 1. The molecule has 0 unspecified atom stereocenters. The zero-order valence-corrected chi connectivity index (χ0v) is 14.6. The van der Waals surface area contributed by atoms with Crippen molar-refractivity contribution in [3.63, 3.8) is 0 Å². The monoisotopic (exact) mass is 357 g/mol. The smallest absolute Gasteiger partial charge is 0.270 e. The van der Waals surface area contributed by atoms with Gasteiger partial charge in [-0.15, -0.1) is 0 Å². The van der Waals surface area contributed by atoms with Gasteiger partial charge in [0.05, 0.1) is 6.54 Å². The number of carbonyl (C=O) groups excluding carboxylic acids is 2. The summed E-state index contributed by atoms with van der Waals surface area (Å²) in [5.74, 6) is -0.358. The summed E-state index contributed by atoms with van der Waals surface area (Å²) >= 11 is 10.8. The van der Waals surface area contributed by atoms with Gasteiger partial charge >= 0.3 is 0 Å². The SMILES string of the molecule is CC(C)CCNC(=S)NNC(=O)CNC(=O)c1cc(Cl)ccn1. The number of amides is 2. The molecule has 0 fully saturated rings. The molecule has 9 heteroatoms. The van der Waals surface area contributed by atoms with Gasteiger partial charge < -0.3 is 10.6 Å². The number of carbonyl (C=O) groups is 2. The third-order valence-electron chi connectivity index (χ3n) is 2.69. The van der Waals surface area contributed by atoms with Crippen molar-refractivity contribution in [1.29, 1.82) is 0 Å². The lowest BCUT2D eigenvalue weighted by Crippen LogP contribution is -2.50. The van der Waals surface area contributed by atoms with Crippen molar-refractivity contribution in [3.8, 4) is 0 Å². The molecule has 0 aliphatic carbocycles. The molecular weight excluding hydrogens is 338 g/mol. The molecule has 0 saturated carbocycles. The summed E-state index contributed by atoms with van der Waals surface area (Å²) in [7, 11) is 0. The summed E-state index contributed by atoms with van der Waals surface area (Å²) < 4.78 is 0. The van der Waals surface area contributed by atoms with Gasteiger partial charge in [0.1, 0.15) is 5.69 Å². The number of thiocarbonyl (C=S) groups is 1. The molecule has 23 heavy (non-hydrogen) atoms.